The Bertz CT molecular complexity index is 388. The Morgan fingerprint density at radius 2 is 1.89 bits per heavy atom. The number of nitrogens with zero attached hydrogens (tertiary/aromatic N) is 2. The molecule has 0 aromatic heterocycles. The number of aliphatic carboxylic acids is 1. The molecular formula is C12H20N2O5. The highest BCUT2D eigenvalue weighted by Gasteiger charge is 2.34. The molecule has 19 heavy (non-hydrogen) atoms. The van der Waals surface area contributed by atoms with Crippen LogP contribution in [0.3, 0.4) is 0 Å². The molecule has 0 aromatic rings. The number of carboxylic acid groups (broad SMARTS) is 1. The number of rotatable bonds is 2. The van der Waals surface area contributed by atoms with Crippen molar-refractivity contribution in [2.75, 3.05) is 19.6 Å². The van der Waals surface area contributed by atoms with Gasteiger partial charge in [0.15, 0.2) is 0 Å². The number of piperazine rings is 1. The minimum Gasteiger partial charge on any atom is -0.480 e. The molecule has 1 rings (SSSR count). The lowest BCUT2D eigenvalue weighted by Gasteiger charge is -2.36. The number of carbonyl (C=O) groups is 3. The quantitative estimate of drug-likeness (QED) is 0.792. The van der Waals surface area contributed by atoms with Crippen molar-refractivity contribution in [3.8, 4) is 0 Å². The third-order valence-electron chi connectivity index (χ3n) is 2.73. The zero-order valence-electron chi connectivity index (χ0n) is 11.7. The SMILES string of the molecule is C[C@@H](C(=O)O)N1CCN(C(=O)OC(C)(C)C)CC1=O. The van der Waals surface area contributed by atoms with Crippen molar-refractivity contribution in [1.29, 1.82) is 0 Å². The van der Waals surface area contributed by atoms with Crippen LogP contribution in [0.1, 0.15) is 27.7 Å². The molecule has 0 saturated carbocycles. The normalized spacial score (nSPS) is 18.2. The molecule has 1 heterocycles. The van der Waals surface area contributed by atoms with Crippen LogP contribution in [0.4, 0.5) is 4.79 Å². The van der Waals surface area contributed by atoms with Crippen molar-refractivity contribution in [3.05, 3.63) is 0 Å². The molecule has 0 aromatic carbocycles. The van der Waals surface area contributed by atoms with E-state index in [1.165, 1.54) is 16.7 Å². The first-order valence-electron chi connectivity index (χ1n) is 6.12. The monoisotopic (exact) mass is 272 g/mol. The molecular weight excluding hydrogens is 252 g/mol. The van der Waals surface area contributed by atoms with Crippen LogP contribution in [0.2, 0.25) is 0 Å². The fourth-order valence-corrected chi connectivity index (χ4v) is 1.71. The summed E-state index contributed by atoms with van der Waals surface area (Å²) in [4.78, 5) is 37.0. The first kappa shape index (κ1) is 15.3. The maximum absolute atomic E-state index is 11.8. The Morgan fingerprint density at radius 1 is 1.32 bits per heavy atom. The molecule has 1 aliphatic heterocycles. The molecule has 2 amide bonds. The van der Waals surface area contributed by atoms with Crippen molar-refractivity contribution in [1.82, 2.24) is 9.80 Å². The van der Waals surface area contributed by atoms with Gasteiger partial charge in [-0.05, 0) is 27.7 Å². The second-order valence-electron chi connectivity index (χ2n) is 5.50. The van der Waals surface area contributed by atoms with E-state index in [1.807, 2.05) is 0 Å². The topological polar surface area (TPSA) is 87.2 Å². The van der Waals surface area contributed by atoms with Gasteiger partial charge in [0.2, 0.25) is 5.91 Å². The lowest BCUT2D eigenvalue weighted by atomic mass is 10.2. The van der Waals surface area contributed by atoms with E-state index in [-0.39, 0.29) is 25.5 Å². The number of amides is 2. The van der Waals surface area contributed by atoms with Crippen molar-refractivity contribution < 1.29 is 24.2 Å². The van der Waals surface area contributed by atoms with Gasteiger partial charge in [-0.25, -0.2) is 9.59 Å². The van der Waals surface area contributed by atoms with E-state index in [4.69, 9.17) is 9.84 Å². The van der Waals surface area contributed by atoms with Crippen LogP contribution in [0.15, 0.2) is 0 Å². The summed E-state index contributed by atoms with van der Waals surface area (Å²) in [6.45, 7) is 7.01. The lowest BCUT2D eigenvalue weighted by Crippen LogP contribution is -2.57. The Labute approximate surface area is 112 Å². The highest BCUT2D eigenvalue weighted by atomic mass is 16.6. The van der Waals surface area contributed by atoms with Gasteiger partial charge in [-0.3, -0.25) is 9.69 Å². The summed E-state index contributed by atoms with van der Waals surface area (Å²) in [5.41, 5.74) is -0.619. The summed E-state index contributed by atoms with van der Waals surface area (Å²) in [7, 11) is 0. The van der Waals surface area contributed by atoms with E-state index in [9.17, 15) is 14.4 Å². The Balaban J connectivity index is 2.61. The molecule has 7 nitrogen and oxygen atoms in total. The summed E-state index contributed by atoms with van der Waals surface area (Å²) in [5, 5.41) is 8.88. The predicted molar refractivity (Wildman–Crippen MR) is 66.6 cm³/mol. The summed E-state index contributed by atoms with van der Waals surface area (Å²) in [6, 6.07) is -0.881. The van der Waals surface area contributed by atoms with E-state index in [0.29, 0.717) is 0 Å². The van der Waals surface area contributed by atoms with Gasteiger partial charge in [-0.1, -0.05) is 0 Å². The minimum atomic E-state index is -1.06. The molecule has 1 fully saturated rings. The molecule has 1 saturated heterocycles. The molecule has 0 unspecified atom stereocenters. The zero-order chi connectivity index (χ0) is 14.8. The van der Waals surface area contributed by atoms with Gasteiger partial charge in [0, 0.05) is 13.1 Å². The first-order chi connectivity index (χ1) is 8.61. The van der Waals surface area contributed by atoms with Gasteiger partial charge in [-0.15, -0.1) is 0 Å². The second kappa shape index (κ2) is 5.46. The molecule has 108 valence electrons. The highest BCUT2D eigenvalue weighted by molar-refractivity contribution is 5.87. The van der Waals surface area contributed by atoms with E-state index >= 15 is 0 Å². The number of carboxylic acids is 1. The second-order valence-corrected chi connectivity index (χ2v) is 5.50. The Morgan fingerprint density at radius 3 is 2.32 bits per heavy atom. The van der Waals surface area contributed by atoms with Gasteiger partial charge in [0.05, 0.1) is 0 Å². The van der Waals surface area contributed by atoms with Gasteiger partial charge in [0.25, 0.3) is 0 Å². The van der Waals surface area contributed by atoms with Crippen LogP contribution in [0.5, 0.6) is 0 Å². The van der Waals surface area contributed by atoms with Gasteiger partial charge >= 0.3 is 12.1 Å². The van der Waals surface area contributed by atoms with E-state index in [0.717, 1.165) is 0 Å². The Hall–Kier alpha value is -1.79. The van der Waals surface area contributed by atoms with Crippen LogP contribution in [0.25, 0.3) is 0 Å². The third-order valence-corrected chi connectivity index (χ3v) is 2.73. The zero-order valence-corrected chi connectivity index (χ0v) is 11.7. The number of carbonyl (C=O) groups excluding carboxylic acids is 2. The average molecular weight is 272 g/mol. The van der Waals surface area contributed by atoms with Crippen molar-refractivity contribution in [2.24, 2.45) is 0 Å². The summed E-state index contributed by atoms with van der Waals surface area (Å²) < 4.78 is 5.17. The van der Waals surface area contributed by atoms with E-state index < -0.39 is 23.7 Å². The van der Waals surface area contributed by atoms with Crippen molar-refractivity contribution >= 4 is 18.0 Å². The molecule has 0 aliphatic carbocycles. The maximum Gasteiger partial charge on any atom is 0.410 e. The van der Waals surface area contributed by atoms with Crippen LogP contribution >= 0.6 is 0 Å². The van der Waals surface area contributed by atoms with Gasteiger partial charge < -0.3 is 14.7 Å². The largest absolute Gasteiger partial charge is 0.480 e. The van der Waals surface area contributed by atoms with Crippen LogP contribution in [-0.4, -0.2) is 64.2 Å². The Kier molecular flexibility index (Phi) is 4.39. The lowest BCUT2D eigenvalue weighted by molar-refractivity contribution is -0.151. The average Bonchev–Trinajstić information content (AvgIpc) is 2.25. The van der Waals surface area contributed by atoms with Gasteiger partial charge in [-0.2, -0.15) is 0 Å². The van der Waals surface area contributed by atoms with Crippen molar-refractivity contribution in [2.45, 2.75) is 39.3 Å². The van der Waals surface area contributed by atoms with E-state index in [1.54, 1.807) is 20.8 Å². The molecule has 0 spiro atoms. The summed E-state index contributed by atoms with van der Waals surface area (Å²) in [5.74, 6) is -1.44. The highest BCUT2D eigenvalue weighted by Crippen LogP contribution is 2.13. The standard InChI is InChI=1S/C12H20N2O5/c1-8(10(16)17)14-6-5-13(7-9(14)15)11(18)19-12(2,3)4/h8H,5-7H2,1-4H3,(H,16,17)/t8-/m0/s1. The molecule has 1 atom stereocenters. The molecule has 0 bridgehead atoms. The van der Waals surface area contributed by atoms with Gasteiger partial charge in [0.1, 0.15) is 18.2 Å². The minimum absolute atomic E-state index is 0.146. The van der Waals surface area contributed by atoms with Crippen LogP contribution < -0.4 is 0 Å². The summed E-state index contributed by atoms with van der Waals surface area (Å²) in [6.07, 6.45) is -0.552. The molecule has 0 radical (unpaired) electrons. The third kappa shape index (κ3) is 4.11. The van der Waals surface area contributed by atoms with Crippen molar-refractivity contribution in [3.63, 3.8) is 0 Å². The number of ether oxygens (including phenoxy) is 1. The number of hydrogen-bond donors (Lipinski definition) is 1. The van der Waals surface area contributed by atoms with Crippen LogP contribution in [-0.2, 0) is 14.3 Å². The smallest absolute Gasteiger partial charge is 0.410 e. The molecule has 1 aliphatic rings. The molecule has 7 heteroatoms. The predicted octanol–water partition coefficient (Wildman–Crippen LogP) is 0.539. The fraction of sp³-hybridized carbons (Fsp3) is 0.750. The summed E-state index contributed by atoms with van der Waals surface area (Å²) >= 11 is 0. The van der Waals surface area contributed by atoms with Crippen LogP contribution in [0, 0.1) is 0 Å². The fourth-order valence-electron chi connectivity index (χ4n) is 1.71. The maximum atomic E-state index is 11.8. The van der Waals surface area contributed by atoms with E-state index in [2.05, 4.69) is 0 Å². The molecule has 1 N–H and O–H groups in total. The number of hydrogen-bond acceptors (Lipinski definition) is 4. The first-order valence-corrected chi connectivity index (χ1v) is 6.12.